The summed E-state index contributed by atoms with van der Waals surface area (Å²) >= 11 is 0. The van der Waals surface area contributed by atoms with Crippen LogP contribution < -0.4 is 16.6 Å². The third-order valence-electron chi connectivity index (χ3n) is 3.01. The van der Waals surface area contributed by atoms with Gasteiger partial charge in [-0.15, -0.1) is 0 Å². The Hall–Kier alpha value is -2.05. The molecule has 7 nitrogen and oxygen atoms in total. The van der Waals surface area contributed by atoms with Crippen molar-refractivity contribution in [1.29, 1.82) is 0 Å². The van der Waals surface area contributed by atoms with Crippen molar-refractivity contribution in [2.45, 2.75) is 20.4 Å². The van der Waals surface area contributed by atoms with E-state index in [1.807, 2.05) is 13.8 Å². The summed E-state index contributed by atoms with van der Waals surface area (Å²) in [7, 11) is 3.25. The quantitative estimate of drug-likeness (QED) is 0.825. The monoisotopic (exact) mass is 251 g/mol. The first-order chi connectivity index (χ1) is 8.52. The van der Waals surface area contributed by atoms with Gasteiger partial charge in [-0.05, 0) is 13.8 Å². The van der Waals surface area contributed by atoms with Crippen LogP contribution in [0.1, 0.15) is 13.8 Å². The van der Waals surface area contributed by atoms with Crippen LogP contribution in [-0.2, 0) is 20.6 Å². The van der Waals surface area contributed by atoms with Gasteiger partial charge in [0, 0.05) is 27.2 Å². The molecule has 0 saturated heterocycles. The predicted octanol–water partition coefficient (Wildman–Crippen LogP) is -0.115. The highest BCUT2D eigenvalue weighted by molar-refractivity contribution is 5.74. The van der Waals surface area contributed by atoms with Crippen molar-refractivity contribution < 1.29 is 0 Å². The van der Waals surface area contributed by atoms with Crippen molar-refractivity contribution in [3.8, 4) is 0 Å². The van der Waals surface area contributed by atoms with E-state index >= 15 is 0 Å². The predicted molar refractivity (Wildman–Crippen MR) is 70.1 cm³/mol. The second-order valence-corrected chi connectivity index (χ2v) is 4.09. The third kappa shape index (κ3) is 1.54. The molecule has 18 heavy (non-hydrogen) atoms. The summed E-state index contributed by atoms with van der Waals surface area (Å²) in [4.78, 5) is 28.4. The first kappa shape index (κ1) is 12.4. The summed E-state index contributed by atoms with van der Waals surface area (Å²) in [6.07, 6.45) is 0. The first-order valence-electron chi connectivity index (χ1n) is 5.93. The van der Waals surface area contributed by atoms with Crippen molar-refractivity contribution in [3.05, 3.63) is 20.8 Å². The molecule has 2 aromatic rings. The van der Waals surface area contributed by atoms with Crippen LogP contribution in [0.4, 0.5) is 5.95 Å². The van der Waals surface area contributed by atoms with Crippen molar-refractivity contribution >= 4 is 17.1 Å². The molecule has 0 spiro atoms. The third-order valence-corrected chi connectivity index (χ3v) is 3.01. The van der Waals surface area contributed by atoms with Gasteiger partial charge in [0.05, 0.1) is 0 Å². The standard InChI is InChI=1S/C11H17N5O2/c1-5-12-10-13-8-7(14(10)3)9(17)15(4)11(18)16(8)6-2/h5-6H2,1-4H3,(H,12,13). The molecule has 7 heteroatoms. The fourth-order valence-corrected chi connectivity index (χ4v) is 2.03. The molecule has 2 heterocycles. The van der Waals surface area contributed by atoms with Gasteiger partial charge in [0.1, 0.15) is 0 Å². The number of rotatable bonds is 3. The minimum atomic E-state index is -0.337. The van der Waals surface area contributed by atoms with E-state index in [9.17, 15) is 9.59 Å². The summed E-state index contributed by atoms with van der Waals surface area (Å²) in [5, 5.41) is 3.07. The summed E-state index contributed by atoms with van der Waals surface area (Å²) in [5.74, 6) is 0.595. The number of hydrogen-bond donors (Lipinski definition) is 1. The Morgan fingerprint density at radius 3 is 2.39 bits per heavy atom. The molecule has 0 aliphatic heterocycles. The molecule has 0 aliphatic rings. The zero-order valence-corrected chi connectivity index (χ0v) is 11.0. The average molecular weight is 251 g/mol. The van der Waals surface area contributed by atoms with E-state index < -0.39 is 0 Å². The van der Waals surface area contributed by atoms with Gasteiger partial charge in [-0.3, -0.25) is 13.9 Å². The van der Waals surface area contributed by atoms with Crippen LogP contribution in [0.15, 0.2) is 9.59 Å². The van der Waals surface area contributed by atoms with E-state index in [0.717, 1.165) is 4.57 Å². The molecule has 0 amide bonds. The van der Waals surface area contributed by atoms with Crippen molar-refractivity contribution in [2.24, 2.45) is 14.1 Å². The molecule has 0 atom stereocenters. The Labute approximate surface area is 104 Å². The molecule has 0 fully saturated rings. The van der Waals surface area contributed by atoms with Crippen LogP contribution in [0.3, 0.4) is 0 Å². The molecule has 2 rings (SSSR count). The average Bonchev–Trinajstić information content (AvgIpc) is 2.66. The van der Waals surface area contributed by atoms with Gasteiger partial charge in [0.25, 0.3) is 5.56 Å². The zero-order chi connectivity index (χ0) is 13.4. The minimum Gasteiger partial charge on any atom is -0.356 e. The van der Waals surface area contributed by atoms with Crippen LogP contribution in [0.5, 0.6) is 0 Å². The maximum Gasteiger partial charge on any atom is 0.332 e. The lowest BCUT2D eigenvalue weighted by molar-refractivity contribution is 0.651. The number of nitrogens with one attached hydrogen (secondary N) is 1. The molecule has 0 bridgehead atoms. The largest absolute Gasteiger partial charge is 0.356 e. The zero-order valence-electron chi connectivity index (χ0n) is 11.0. The molecule has 0 radical (unpaired) electrons. The van der Waals surface area contributed by atoms with E-state index in [4.69, 9.17) is 0 Å². The Morgan fingerprint density at radius 2 is 1.83 bits per heavy atom. The number of anilines is 1. The van der Waals surface area contributed by atoms with Gasteiger partial charge >= 0.3 is 5.69 Å². The smallest absolute Gasteiger partial charge is 0.332 e. The molecule has 1 N–H and O–H groups in total. The molecule has 0 unspecified atom stereocenters. The Morgan fingerprint density at radius 1 is 1.17 bits per heavy atom. The highest BCUT2D eigenvalue weighted by atomic mass is 16.2. The number of nitrogens with zero attached hydrogens (tertiary/aromatic N) is 4. The van der Waals surface area contributed by atoms with Crippen LogP contribution in [0.25, 0.3) is 11.2 Å². The first-order valence-corrected chi connectivity index (χ1v) is 5.93. The van der Waals surface area contributed by atoms with Gasteiger partial charge in [-0.25, -0.2) is 4.79 Å². The summed E-state index contributed by atoms with van der Waals surface area (Å²) in [6, 6.07) is 0. The molecule has 0 aliphatic carbocycles. The number of fused-ring (bicyclic) bond motifs is 1. The van der Waals surface area contributed by atoms with Gasteiger partial charge in [0.15, 0.2) is 11.2 Å². The lowest BCUT2D eigenvalue weighted by atomic mass is 10.5. The molecule has 2 aromatic heterocycles. The van der Waals surface area contributed by atoms with Gasteiger partial charge in [-0.2, -0.15) is 4.98 Å². The van der Waals surface area contributed by atoms with Gasteiger partial charge in [0.2, 0.25) is 5.95 Å². The van der Waals surface area contributed by atoms with Crippen LogP contribution in [0, 0.1) is 0 Å². The molecule has 0 aromatic carbocycles. The number of aryl methyl sites for hydroxylation is 2. The number of hydrogen-bond acceptors (Lipinski definition) is 4. The lowest BCUT2D eigenvalue weighted by Gasteiger charge is -2.05. The highest BCUT2D eigenvalue weighted by Crippen LogP contribution is 2.13. The molecular weight excluding hydrogens is 234 g/mol. The fraction of sp³-hybridized carbons (Fsp3) is 0.545. The Balaban J connectivity index is 2.97. The van der Waals surface area contributed by atoms with Gasteiger partial charge in [-0.1, -0.05) is 0 Å². The summed E-state index contributed by atoms with van der Waals surface area (Å²) in [5.41, 5.74) is 0.217. The van der Waals surface area contributed by atoms with Crippen LogP contribution >= 0.6 is 0 Å². The fourth-order valence-electron chi connectivity index (χ4n) is 2.03. The van der Waals surface area contributed by atoms with Gasteiger partial charge < -0.3 is 9.88 Å². The number of aromatic nitrogens is 4. The maximum atomic E-state index is 12.1. The molecular formula is C11H17N5O2. The minimum absolute atomic E-state index is 0.321. The summed E-state index contributed by atoms with van der Waals surface area (Å²) in [6.45, 7) is 4.98. The lowest BCUT2D eigenvalue weighted by Crippen LogP contribution is -2.38. The molecule has 0 saturated carbocycles. The van der Waals surface area contributed by atoms with Crippen molar-refractivity contribution in [2.75, 3.05) is 11.9 Å². The maximum absolute atomic E-state index is 12.1. The second kappa shape index (κ2) is 4.32. The van der Waals surface area contributed by atoms with E-state index in [1.165, 1.54) is 11.6 Å². The van der Waals surface area contributed by atoms with Crippen molar-refractivity contribution in [3.63, 3.8) is 0 Å². The number of imidazole rings is 1. The van der Waals surface area contributed by atoms with Crippen LogP contribution in [-0.4, -0.2) is 25.2 Å². The van der Waals surface area contributed by atoms with Crippen molar-refractivity contribution in [1.82, 2.24) is 18.7 Å². The topological polar surface area (TPSA) is 73.8 Å². The van der Waals surface area contributed by atoms with E-state index in [-0.39, 0.29) is 11.2 Å². The van der Waals surface area contributed by atoms with Crippen LogP contribution in [0.2, 0.25) is 0 Å². The Bertz CT molecular complexity index is 707. The SMILES string of the molecule is CCNc1nc2c(c(=O)n(C)c(=O)n2CC)n1C. The second-order valence-electron chi connectivity index (χ2n) is 4.09. The normalized spacial score (nSPS) is 11.1. The Kier molecular flexibility index (Phi) is 2.98. The summed E-state index contributed by atoms with van der Waals surface area (Å²) < 4.78 is 4.30. The van der Waals surface area contributed by atoms with E-state index in [1.54, 1.807) is 11.6 Å². The van der Waals surface area contributed by atoms with E-state index in [0.29, 0.717) is 30.2 Å². The van der Waals surface area contributed by atoms with E-state index in [2.05, 4.69) is 10.3 Å². The highest BCUT2D eigenvalue weighted by Gasteiger charge is 2.17. The molecule has 98 valence electrons.